The van der Waals surface area contributed by atoms with E-state index in [0.29, 0.717) is 18.7 Å². The highest BCUT2D eigenvalue weighted by atomic mass is 32.2. The second-order valence-corrected chi connectivity index (χ2v) is 8.36. The summed E-state index contributed by atoms with van der Waals surface area (Å²) >= 11 is 1.76. The number of aromatic nitrogens is 2. The molecule has 0 unspecified atom stereocenters. The number of carbonyl (C=O) groups is 1. The average molecular weight is 444 g/mol. The molecule has 0 spiro atoms. The predicted octanol–water partition coefficient (Wildman–Crippen LogP) is 5.28. The van der Waals surface area contributed by atoms with Crippen molar-refractivity contribution in [1.82, 2.24) is 14.9 Å². The number of hydrogen-bond acceptors (Lipinski definition) is 4. The Morgan fingerprint density at radius 2 is 1.75 bits per heavy atom. The van der Waals surface area contributed by atoms with E-state index >= 15 is 0 Å². The van der Waals surface area contributed by atoms with Crippen LogP contribution in [0.1, 0.15) is 21.7 Å². The molecule has 0 fully saturated rings. The molecule has 0 aliphatic heterocycles. The van der Waals surface area contributed by atoms with Crippen LogP contribution in [-0.2, 0) is 6.54 Å². The molecule has 0 aliphatic carbocycles. The lowest BCUT2D eigenvalue weighted by molar-refractivity contribution is 0.0951. The molecule has 1 aromatic heterocycles. The Hall–Kier alpha value is -3.51. The van der Waals surface area contributed by atoms with Crippen LogP contribution in [0.15, 0.2) is 96.2 Å². The SMILES string of the molecule is Cc1nccn1-c1ccccc1CNC(=O)c1ccc(OCCSc2ccccc2)cc1. The van der Waals surface area contributed by atoms with Crippen molar-refractivity contribution in [1.29, 1.82) is 0 Å². The van der Waals surface area contributed by atoms with Crippen LogP contribution in [0.4, 0.5) is 0 Å². The lowest BCUT2D eigenvalue weighted by Gasteiger charge is -2.13. The zero-order valence-corrected chi connectivity index (χ0v) is 18.7. The van der Waals surface area contributed by atoms with Gasteiger partial charge in [0.25, 0.3) is 5.91 Å². The van der Waals surface area contributed by atoms with Crippen molar-refractivity contribution in [2.75, 3.05) is 12.4 Å². The van der Waals surface area contributed by atoms with Crippen LogP contribution in [0.25, 0.3) is 5.69 Å². The number of aryl methyl sites for hydroxylation is 1. The van der Waals surface area contributed by atoms with Gasteiger partial charge in [0.1, 0.15) is 11.6 Å². The first-order valence-corrected chi connectivity index (χ1v) is 11.5. The van der Waals surface area contributed by atoms with Gasteiger partial charge in [-0.15, -0.1) is 11.8 Å². The highest BCUT2D eigenvalue weighted by Gasteiger charge is 2.10. The summed E-state index contributed by atoms with van der Waals surface area (Å²) < 4.78 is 7.82. The Labute approximate surface area is 192 Å². The van der Waals surface area contributed by atoms with E-state index in [-0.39, 0.29) is 5.91 Å². The predicted molar refractivity (Wildman–Crippen MR) is 129 cm³/mol. The third-order valence-corrected chi connectivity index (χ3v) is 5.97. The maximum Gasteiger partial charge on any atom is 0.251 e. The van der Waals surface area contributed by atoms with Crippen LogP contribution >= 0.6 is 11.8 Å². The second kappa shape index (κ2) is 10.7. The summed E-state index contributed by atoms with van der Waals surface area (Å²) in [4.78, 5) is 18.2. The molecular weight excluding hydrogens is 418 g/mol. The van der Waals surface area contributed by atoms with Gasteiger partial charge in [-0.1, -0.05) is 36.4 Å². The summed E-state index contributed by atoms with van der Waals surface area (Å²) in [5.74, 6) is 2.41. The van der Waals surface area contributed by atoms with E-state index < -0.39 is 0 Å². The van der Waals surface area contributed by atoms with Gasteiger partial charge in [0, 0.05) is 35.2 Å². The highest BCUT2D eigenvalue weighted by Crippen LogP contribution is 2.19. The molecule has 4 rings (SSSR count). The van der Waals surface area contributed by atoms with Crippen LogP contribution in [0.2, 0.25) is 0 Å². The molecule has 1 N–H and O–H groups in total. The number of para-hydroxylation sites is 1. The first-order valence-electron chi connectivity index (χ1n) is 10.5. The molecule has 6 heteroatoms. The molecule has 0 radical (unpaired) electrons. The number of amides is 1. The van der Waals surface area contributed by atoms with Gasteiger partial charge < -0.3 is 14.6 Å². The molecule has 1 heterocycles. The van der Waals surface area contributed by atoms with Crippen molar-refractivity contribution in [3.8, 4) is 11.4 Å². The lowest BCUT2D eigenvalue weighted by Crippen LogP contribution is -2.23. The Morgan fingerprint density at radius 1 is 1.00 bits per heavy atom. The van der Waals surface area contributed by atoms with Crippen LogP contribution in [0.5, 0.6) is 5.75 Å². The van der Waals surface area contributed by atoms with E-state index in [4.69, 9.17) is 4.74 Å². The third kappa shape index (κ3) is 5.59. The van der Waals surface area contributed by atoms with E-state index in [1.54, 1.807) is 30.1 Å². The highest BCUT2D eigenvalue weighted by molar-refractivity contribution is 7.99. The van der Waals surface area contributed by atoms with Crippen molar-refractivity contribution in [3.05, 3.63) is 108 Å². The molecule has 162 valence electrons. The first-order chi connectivity index (χ1) is 15.7. The number of carbonyl (C=O) groups excluding carboxylic acids is 1. The number of hydrogen-bond donors (Lipinski definition) is 1. The quantitative estimate of drug-likeness (QED) is 0.282. The van der Waals surface area contributed by atoms with Crippen LogP contribution in [0, 0.1) is 6.92 Å². The maximum absolute atomic E-state index is 12.6. The number of thioether (sulfide) groups is 1. The van der Waals surface area contributed by atoms with Crippen molar-refractivity contribution < 1.29 is 9.53 Å². The van der Waals surface area contributed by atoms with E-state index in [9.17, 15) is 4.79 Å². The Morgan fingerprint density at radius 3 is 2.50 bits per heavy atom. The molecule has 32 heavy (non-hydrogen) atoms. The smallest absolute Gasteiger partial charge is 0.251 e. The van der Waals surface area contributed by atoms with E-state index in [1.807, 2.05) is 72.3 Å². The summed E-state index contributed by atoms with van der Waals surface area (Å²) in [6.07, 6.45) is 3.70. The minimum atomic E-state index is -0.117. The molecule has 0 saturated carbocycles. The summed E-state index contributed by atoms with van der Waals surface area (Å²) in [6, 6.07) is 25.5. The minimum Gasteiger partial charge on any atom is -0.493 e. The number of nitrogens with one attached hydrogen (secondary N) is 1. The number of imidazole rings is 1. The summed E-state index contributed by atoms with van der Waals surface area (Å²) in [5.41, 5.74) is 2.64. The molecule has 5 nitrogen and oxygen atoms in total. The lowest BCUT2D eigenvalue weighted by atomic mass is 10.1. The Balaban J connectivity index is 1.29. The monoisotopic (exact) mass is 443 g/mol. The summed E-state index contributed by atoms with van der Waals surface area (Å²) in [6.45, 7) is 3.00. The van der Waals surface area contributed by atoms with Gasteiger partial charge in [-0.05, 0) is 55.0 Å². The van der Waals surface area contributed by atoms with Gasteiger partial charge in [-0.25, -0.2) is 4.98 Å². The van der Waals surface area contributed by atoms with Crippen molar-refractivity contribution in [3.63, 3.8) is 0 Å². The number of benzene rings is 3. The first kappa shape index (κ1) is 21.7. The van der Waals surface area contributed by atoms with Crippen LogP contribution in [0.3, 0.4) is 0 Å². The van der Waals surface area contributed by atoms with Crippen molar-refractivity contribution in [2.24, 2.45) is 0 Å². The molecule has 4 aromatic rings. The third-order valence-electron chi connectivity index (χ3n) is 5.00. The Bertz CT molecular complexity index is 1160. The summed E-state index contributed by atoms with van der Waals surface area (Å²) in [7, 11) is 0. The number of nitrogens with zero attached hydrogens (tertiary/aromatic N) is 2. The number of ether oxygens (including phenoxy) is 1. The zero-order valence-electron chi connectivity index (χ0n) is 17.9. The van der Waals surface area contributed by atoms with Crippen molar-refractivity contribution >= 4 is 17.7 Å². The van der Waals surface area contributed by atoms with Crippen LogP contribution < -0.4 is 10.1 Å². The fourth-order valence-electron chi connectivity index (χ4n) is 3.34. The van der Waals surface area contributed by atoms with Gasteiger partial charge in [-0.2, -0.15) is 0 Å². The summed E-state index contributed by atoms with van der Waals surface area (Å²) in [5, 5.41) is 3.01. The number of rotatable bonds is 9. The Kier molecular flexibility index (Phi) is 7.25. The zero-order chi connectivity index (χ0) is 22.2. The molecule has 1 amide bonds. The molecule has 0 atom stereocenters. The van der Waals surface area contributed by atoms with Gasteiger partial charge in [0.05, 0.1) is 12.3 Å². The van der Waals surface area contributed by atoms with Gasteiger partial charge in [0.15, 0.2) is 0 Å². The van der Waals surface area contributed by atoms with Crippen LogP contribution in [-0.4, -0.2) is 27.8 Å². The normalized spacial score (nSPS) is 10.7. The van der Waals surface area contributed by atoms with E-state index in [2.05, 4.69) is 22.4 Å². The largest absolute Gasteiger partial charge is 0.493 e. The molecule has 3 aromatic carbocycles. The van der Waals surface area contributed by atoms with E-state index in [0.717, 1.165) is 28.6 Å². The topological polar surface area (TPSA) is 56.2 Å². The molecule has 0 saturated heterocycles. The fraction of sp³-hybridized carbons (Fsp3) is 0.154. The fourth-order valence-corrected chi connectivity index (χ4v) is 4.10. The van der Waals surface area contributed by atoms with Gasteiger partial charge in [0.2, 0.25) is 0 Å². The molecule has 0 bridgehead atoms. The van der Waals surface area contributed by atoms with Gasteiger partial charge >= 0.3 is 0 Å². The van der Waals surface area contributed by atoms with Crippen molar-refractivity contribution in [2.45, 2.75) is 18.4 Å². The molecular formula is C26H25N3O2S. The maximum atomic E-state index is 12.6. The standard InChI is InChI=1S/C26H25N3O2S/c1-20-27-15-16-29(20)25-10-6-5-7-22(25)19-28-26(30)21-11-13-23(14-12-21)31-17-18-32-24-8-3-2-4-9-24/h2-16H,17-19H2,1H3,(H,28,30). The second-order valence-electron chi connectivity index (χ2n) is 7.19. The van der Waals surface area contributed by atoms with E-state index in [1.165, 1.54) is 4.90 Å². The molecule has 0 aliphatic rings. The average Bonchev–Trinajstić information content (AvgIpc) is 3.27. The minimum absolute atomic E-state index is 0.117. The van der Waals surface area contributed by atoms with Gasteiger partial charge in [-0.3, -0.25) is 4.79 Å².